The Kier molecular flexibility index (Phi) is 4.34. The van der Waals surface area contributed by atoms with Crippen molar-refractivity contribution in [1.82, 2.24) is 4.98 Å². The molecule has 0 saturated heterocycles. The summed E-state index contributed by atoms with van der Waals surface area (Å²) in [5.74, 6) is 0.509. The third-order valence-electron chi connectivity index (χ3n) is 2.27. The largest absolute Gasteiger partial charge is 0.436 e. The van der Waals surface area contributed by atoms with Crippen LogP contribution in [0.2, 0.25) is 0 Å². The molecular formula is C12H10ClNO3S2. The number of benzene rings is 1. The van der Waals surface area contributed by atoms with Gasteiger partial charge >= 0.3 is 0 Å². The fourth-order valence-electron chi connectivity index (χ4n) is 1.45. The second kappa shape index (κ2) is 5.81. The Bertz CT molecular complexity index is 689. The van der Waals surface area contributed by atoms with Gasteiger partial charge in [-0.25, -0.2) is 13.4 Å². The summed E-state index contributed by atoms with van der Waals surface area (Å²) in [5, 5.41) is 0. The number of nitrogens with zero attached hydrogens (tertiary/aromatic N) is 1. The van der Waals surface area contributed by atoms with Gasteiger partial charge in [0.15, 0.2) is 0 Å². The average Bonchev–Trinajstić information content (AvgIpc) is 2.39. The highest BCUT2D eigenvalue weighted by molar-refractivity contribution is 8.13. The number of hydrogen-bond donors (Lipinski definition) is 0. The molecule has 0 aliphatic carbocycles. The van der Waals surface area contributed by atoms with E-state index < -0.39 is 9.05 Å². The quantitative estimate of drug-likeness (QED) is 0.638. The van der Waals surface area contributed by atoms with E-state index in [0.29, 0.717) is 5.75 Å². The van der Waals surface area contributed by atoms with Gasteiger partial charge in [0.1, 0.15) is 10.6 Å². The molecule has 100 valence electrons. The number of aromatic nitrogens is 1. The van der Waals surface area contributed by atoms with Crippen molar-refractivity contribution in [2.75, 3.05) is 6.26 Å². The van der Waals surface area contributed by atoms with Crippen LogP contribution >= 0.6 is 22.4 Å². The second-order valence-electron chi connectivity index (χ2n) is 3.50. The number of pyridine rings is 1. The van der Waals surface area contributed by atoms with Gasteiger partial charge in [-0.05, 0) is 30.5 Å². The predicted molar refractivity (Wildman–Crippen MR) is 75.6 cm³/mol. The fourth-order valence-corrected chi connectivity index (χ4v) is 2.87. The van der Waals surface area contributed by atoms with Gasteiger partial charge in [0.25, 0.3) is 9.05 Å². The molecule has 19 heavy (non-hydrogen) atoms. The van der Waals surface area contributed by atoms with Gasteiger partial charge in [-0.1, -0.05) is 12.1 Å². The molecule has 4 nitrogen and oxygen atoms in total. The Balaban J connectivity index is 2.45. The highest BCUT2D eigenvalue weighted by Crippen LogP contribution is 2.33. The molecule has 0 unspecified atom stereocenters. The van der Waals surface area contributed by atoms with Crippen molar-refractivity contribution in [3.05, 3.63) is 42.6 Å². The Morgan fingerprint density at radius 3 is 2.63 bits per heavy atom. The lowest BCUT2D eigenvalue weighted by Crippen LogP contribution is -1.98. The van der Waals surface area contributed by atoms with E-state index in [0.717, 1.165) is 4.90 Å². The van der Waals surface area contributed by atoms with Crippen LogP contribution < -0.4 is 4.74 Å². The lowest BCUT2D eigenvalue weighted by molar-refractivity contribution is 0.438. The monoisotopic (exact) mass is 315 g/mol. The van der Waals surface area contributed by atoms with Crippen LogP contribution in [0.5, 0.6) is 11.6 Å². The lowest BCUT2D eigenvalue weighted by atomic mass is 10.3. The predicted octanol–water partition coefficient (Wildman–Crippen LogP) is 3.52. The molecule has 1 aromatic heterocycles. The van der Waals surface area contributed by atoms with E-state index in [1.54, 1.807) is 12.1 Å². The molecule has 0 fully saturated rings. The molecule has 0 aliphatic heterocycles. The van der Waals surface area contributed by atoms with Gasteiger partial charge in [-0.3, -0.25) is 0 Å². The Morgan fingerprint density at radius 1 is 1.21 bits per heavy atom. The third kappa shape index (κ3) is 3.40. The van der Waals surface area contributed by atoms with Gasteiger partial charge in [0.05, 0.1) is 0 Å². The molecule has 1 heterocycles. The second-order valence-corrected chi connectivity index (χ2v) is 6.88. The Morgan fingerprint density at radius 2 is 1.95 bits per heavy atom. The summed E-state index contributed by atoms with van der Waals surface area (Å²) >= 11 is 1.49. The van der Waals surface area contributed by atoms with E-state index in [1.165, 1.54) is 30.1 Å². The van der Waals surface area contributed by atoms with Crippen molar-refractivity contribution in [2.45, 2.75) is 9.79 Å². The van der Waals surface area contributed by atoms with Crippen LogP contribution in [0.25, 0.3) is 0 Å². The minimum Gasteiger partial charge on any atom is -0.436 e. The maximum absolute atomic E-state index is 11.4. The Hall–Kier alpha value is -1.24. The minimum atomic E-state index is -3.90. The number of ether oxygens (including phenoxy) is 1. The van der Waals surface area contributed by atoms with Crippen LogP contribution in [0.3, 0.4) is 0 Å². The van der Waals surface area contributed by atoms with Crippen LogP contribution in [0, 0.1) is 0 Å². The average molecular weight is 316 g/mol. The van der Waals surface area contributed by atoms with Crippen LogP contribution in [0.15, 0.2) is 52.4 Å². The first-order valence-corrected chi connectivity index (χ1v) is 8.76. The van der Waals surface area contributed by atoms with Crippen molar-refractivity contribution in [2.24, 2.45) is 0 Å². The molecule has 0 spiro atoms. The smallest absolute Gasteiger partial charge is 0.266 e. The van der Waals surface area contributed by atoms with E-state index in [-0.39, 0.29) is 10.8 Å². The first-order chi connectivity index (χ1) is 9.02. The minimum absolute atomic E-state index is 0.0287. The lowest BCUT2D eigenvalue weighted by Gasteiger charge is -2.10. The van der Waals surface area contributed by atoms with Crippen molar-refractivity contribution in [3.63, 3.8) is 0 Å². The van der Waals surface area contributed by atoms with Gasteiger partial charge in [-0.2, -0.15) is 0 Å². The van der Waals surface area contributed by atoms with Crippen LogP contribution in [0.4, 0.5) is 0 Å². The topological polar surface area (TPSA) is 56.3 Å². The number of rotatable bonds is 4. The van der Waals surface area contributed by atoms with E-state index in [2.05, 4.69) is 4.98 Å². The molecule has 1 aromatic carbocycles. The van der Waals surface area contributed by atoms with E-state index >= 15 is 0 Å². The van der Waals surface area contributed by atoms with Gasteiger partial charge < -0.3 is 4.74 Å². The summed E-state index contributed by atoms with van der Waals surface area (Å²) in [6, 6.07) is 10.1. The van der Waals surface area contributed by atoms with Crippen LogP contribution in [-0.2, 0) is 9.05 Å². The summed E-state index contributed by atoms with van der Waals surface area (Å²) < 4.78 is 28.4. The molecule has 0 bridgehead atoms. The summed E-state index contributed by atoms with van der Waals surface area (Å²) in [4.78, 5) is 4.66. The summed E-state index contributed by atoms with van der Waals surface area (Å²) in [5.41, 5.74) is 0. The first kappa shape index (κ1) is 14.2. The number of para-hydroxylation sites is 1. The maximum Gasteiger partial charge on any atom is 0.266 e. The number of hydrogen-bond acceptors (Lipinski definition) is 5. The van der Waals surface area contributed by atoms with Crippen molar-refractivity contribution < 1.29 is 13.2 Å². The van der Waals surface area contributed by atoms with Gasteiger partial charge in [0.2, 0.25) is 5.88 Å². The highest BCUT2D eigenvalue weighted by atomic mass is 35.7. The van der Waals surface area contributed by atoms with Gasteiger partial charge in [0, 0.05) is 21.8 Å². The summed E-state index contributed by atoms with van der Waals surface area (Å²) in [6.07, 6.45) is 3.35. The van der Waals surface area contributed by atoms with Crippen molar-refractivity contribution in [1.29, 1.82) is 0 Å². The molecule has 2 aromatic rings. The first-order valence-electron chi connectivity index (χ1n) is 5.23. The molecular weight excluding hydrogens is 306 g/mol. The molecule has 0 N–H and O–H groups in total. The molecule has 0 atom stereocenters. The SMILES string of the molecule is CSc1ccccc1Oc1ncccc1S(=O)(=O)Cl. The van der Waals surface area contributed by atoms with Crippen LogP contribution in [0.1, 0.15) is 0 Å². The number of thioether (sulfide) groups is 1. The molecule has 7 heteroatoms. The zero-order chi connectivity index (χ0) is 13.9. The third-order valence-corrected chi connectivity index (χ3v) is 4.39. The van der Waals surface area contributed by atoms with Crippen molar-refractivity contribution >= 4 is 31.5 Å². The van der Waals surface area contributed by atoms with Gasteiger partial charge in [-0.15, -0.1) is 11.8 Å². The van der Waals surface area contributed by atoms with Crippen LogP contribution in [-0.4, -0.2) is 19.7 Å². The molecule has 0 aliphatic rings. The standard InChI is InChI=1S/C12H10ClNO3S2/c1-18-10-6-3-2-5-9(10)17-12-11(19(13,15)16)7-4-8-14-12/h2-8H,1H3. The maximum atomic E-state index is 11.4. The highest BCUT2D eigenvalue weighted by Gasteiger charge is 2.18. The van der Waals surface area contributed by atoms with E-state index in [4.69, 9.17) is 15.4 Å². The molecule has 0 amide bonds. The normalized spacial score (nSPS) is 11.3. The van der Waals surface area contributed by atoms with Crippen molar-refractivity contribution in [3.8, 4) is 11.6 Å². The Labute approximate surface area is 120 Å². The van der Waals surface area contributed by atoms with E-state index in [1.807, 2.05) is 18.4 Å². The molecule has 0 saturated carbocycles. The molecule has 2 rings (SSSR count). The summed E-state index contributed by atoms with van der Waals surface area (Å²) in [6.45, 7) is 0. The number of halogens is 1. The zero-order valence-electron chi connectivity index (χ0n) is 9.91. The summed E-state index contributed by atoms with van der Waals surface area (Å²) in [7, 11) is 1.46. The fraction of sp³-hybridized carbons (Fsp3) is 0.0833. The zero-order valence-corrected chi connectivity index (χ0v) is 12.3. The van der Waals surface area contributed by atoms with E-state index in [9.17, 15) is 8.42 Å². The molecule has 0 radical (unpaired) electrons.